The minimum atomic E-state index is -0.465. The van der Waals surface area contributed by atoms with Crippen LogP contribution in [0.5, 0.6) is 6.01 Å². The van der Waals surface area contributed by atoms with Gasteiger partial charge in [-0.25, -0.2) is 4.79 Å². The van der Waals surface area contributed by atoms with Gasteiger partial charge in [0, 0.05) is 6.20 Å². The summed E-state index contributed by atoms with van der Waals surface area (Å²) in [7, 11) is 1.47. The third-order valence-electron chi connectivity index (χ3n) is 2.64. The molecular weight excluding hydrogens is 258 g/mol. The van der Waals surface area contributed by atoms with Gasteiger partial charge >= 0.3 is 12.0 Å². The van der Waals surface area contributed by atoms with Crippen molar-refractivity contribution in [1.82, 2.24) is 15.0 Å². The molecule has 6 heteroatoms. The zero-order valence-electron chi connectivity index (χ0n) is 11.6. The van der Waals surface area contributed by atoms with E-state index in [-0.39, 0.29) is 12.6 Å². The molecule has 2 aromatic heterocycles. The van der Waals surface area contributed by atoms with Crippen LogP contribution >= 0.6 is 0 Å². The van der Waals surface area contributed by atoms with Gasteiger partial charge in [0.05, 0.1) is 25.1 Å². The average Bonchev–Trinajstić information content (AvgIpc) is 2.47. The van der Waals surface area contributed by atoms with Crippen molar-refractivity contribution in [1.29, 1.82) is 0 Å². The van der Waals surface area contributed by atoms with Crippen LogP contribution in [-0.2, 0) is 4.74 Å². The zero-order valence-corrected chi connectivity index (χ0v) is 11.6. The van der Waals surface area contributed by atoms with Gasteiger partial charge < -0.3 is 9.47 Å². The quantitative estimate of drug-likeness (QED) is 0.793. The third-order valence-corrected chi connectivity index (χ3v) is 2.64. The van der Waals surface area contributed by atoms with E-state index in [1.165, 1.54) is 7.11 Å². The van der Waals surface area contributed by atoms with E-state index >= 15 is 0 Å². The normalized spacial score (nSPS) is 10.2. The van der Waals surface area contributed by atoms with Crippen molar-refractivity contribution < 1.29 is 14.3 Å². The van der Waals surface area contributed by atoms with Crippen molar-refractivity contribution in [3.63, 3.8) is 0 Å². The van der Waals surface area contributed by atoms with Gasteiger partial charge in [0.1, 0.15) is 11.3 Å². The van der Waals surface area contributed by atoms with E-state index in [1.54, 1.807) is 32.2 Å². The summed E-state index contributed by atoms with van der Waals surface area (Å²) in [5.41, 5.74) is 1.79. The number of aromatic nitrogens is 3. The molecule has 2 aromatic rings. The van der Waals surface area contributed by atoms with Gasteiger partial charge in [-0.05, 0) is 26.0 Å². The molecule has 104 valence electrons. The first-order valence-corrected chi connectivity index (χ1v) is 6.18. The fourth-order valence-electron chi connectivity index (χ4n) is 1.77. The SMILES string of the molecule is CCOC(=O)c1c(C)nc(OC)nc1-c1ccccn1. The van der Waals surface area contributed by atoms with E-state index in [2.05, 4.69) is 15.0 Å². The van der Waals surface area contributed by atoms with Crippen LogP contribution < -0.4 is 4.74 Å². The number of methoxy groups -OCH3 is 1. The third kappa shape index (κ3) is 2.74. The summed E-state index contributed by atoms with van der Waals surface area (Å²) in [4.78, 5) is 24.7. The van der Waals surface area contributed by atoms with Crippen LogP contribution in [0.15, 0.2) is 24.4 Å². The van der Waals surface area contributed by atoms with Crippen molar-refractivity contribution >= 4 is 5.97 Å². The lowest BCUT2D eigenvalue weighted by atomic mass is 10.1. The highest BCUT2D eigenvalue weighted by atomic mass is 16.5. The second-order valence-corrected chi connectivity index (χ2v) is 3.95. The summed E-state index contributed by atoms with van der Waals surface area (Å²) in [6, 6.07) is 5.57. The number of hydrogen-bond acceptors (Lipinski definition) is 6. The van der Waals surface area contributed by atoms with Crippen LogP contribution in [0.2, 0.25) is 0 Å². The van der Waals surface area contributed by atoms with E-state index in [0.29, 0.717) is 22.6 Å². The summed E-state index contributed by atoms with van der Waals surface area (Å²) in [5.74, 6) is -0.465. The highest BCUT2D eigenvalue weighted by Crippen LogP contribution is 2.24. The van der Waals surface area contributed by atoms with Crippen LogP contribution in [0.3, 0.4) is 0 Å². The largest absolute Gasteiger partial charge is 0.467 e. The Hall–Kier alpha value is -2.50. The Morgan fingerprint density at radius 1 is 1.30 bits per heavy atom. The number of hydrogen-bond donors (Lipinski definition) is 0. The Kier molecular flexibility index (Phi) is 4.24. The zero-order chi connectivity index (χ0) is 14.5. The van der Waals surface area contributed by atoms with Crippen LogP contribution in [0.25, 0.3) is 11.4 Å². The molecule has 0 bridgehead atoms. The lowest BCUT2D eigenvalue weighted by molar-refractivity contribution is 0.0525. The Morgan fingerprint density at radius 3 is 2.70 bits per heavy atom. The first kappa shape index (κ1) is 13.9. The molecule has 0 aromatic carbocycles. The Morgan fingerprint density at radius 2 is 2.10 bits per heavy atom. The highest BCUT2D eigenvalue weighted by molar-refractivity contribution is 5.96. The van der Waals surface area contributed by atoms with E-state index in [4.69, 9.17) is 9.47 Å². The maximum absolute atomic E-state index is 12.1. The summed E-state index contributed by atoms with van der Waals surface area (Å²) < 4.78 is 10.1. The topological polar surface area (TPSA) is 74.2 Å². The van der Waals surface area contributed by atoms with Crippen molar-refractivity contribution in [2.75, 3.05) is 13.7 Å². The molecule has 0 radical (unpaired) electrons. The monoisotopic (exact) mass is 273 g/mol. The number of rotatable bonds is 4. The molecule has 0 fully saturated rings. The number of nitrogens with zero attached hydrogens (tertiary/aromatic N) is 3. The minimum absolute atomic E-state index is 0.191. The molecule has 0 amide bonds. The molecule has 0 saturated heterocycles. The van der Waals surface area contributed by atoms with Crippen molar-refractivity contribution in [3.05, 3.63) is 35.7 Å². The first-order valence-electron chi connectivity index (χ1n) is 6.18. The van der Waals surface area contributed by atoms with Crippen LogP contribution in [-0.4, -0.2) is 34.6 Å². The van der Waals surface area contributed by atoms with E-state index in [1.807, 2.05) is 6.07 Å². The van der Waals surface area contributed by atoms with Gasteiger partial charge in [0.15, 0.2) is 0 Å². The number of carbonyl (C=O) groups is 1. The van der Waals surface area contributed by atoms with Gasteiger partial charge in [0.2, 0.25) is 0 Å². The number of pyridine rings is 1. The molecule has 2 rings (SSSR count). The minimum Gasteiger partial charge on any atom is -0.467 e. The molecule has 20 heavy (non-hydrogen) atoms. The van der Waals surface area contributed by atoms with Crippen molar-refractivity contribution in [3.8, 4) is 17.4 Å². The van der Waals surface area contributed by atoms with Crippen molar-refractivity contribution in [2.45, 2.75) is 13.8 Å². The average molecular weight is 273 g/mol. The molecule has 2 heterocycles. The predicted molar refractivity (Wildman–Crippen MR) is 72.5 cm³/mol. The van der Waals surface area contributed by atoms with Crippen LogP contribution in [0, 0.1) is 6.92 Å². The Balaban J connectivity index is 2.63. The standard InChI is InChI=1S/C14H15N3O3/c1-4-20-13(18)11-9(2)16-14(19-3)17-12(11)10-7-5-6-8-15-10/h5-8H,4H2,1-3H3. The molecule has 0 atom stereocenters. The van der Waals surface area contributed by atoms with Gasteiger partial charge in [0.25, 0.3) is 0 Å². The fraction of sp³-hybridized carbons (Fsp3) is 0.286. The number of carbonyl (C=O) groups excluding carboxylic acids is 1. The van der Waals surface area contributed by atoms with E-state index in [9.17, 15) is 4.79 Å². The predicted octanol–water partition coefficient (Wildman–Crippen LogP) is 2.03. The summed E-state index contributed by atoms with van der Waals surface area (Å²) >= 11 is 0. The van der Waals surface area contributed by atoms with Crippen molar-refractivity contribution in [2.24, 2.45) is 0 Å². The van der Waals surface area contributed by atoms with Crippen LogP contribution in [0.1, 0.15) is 23.0 Å². The lowest BCUT2D eigenvalue weighted by Crippen LogP contribution is -2.12. The molecule has 0 aliphatic heterocycles. The number of aryl methyl sites for hydroxylation is 1. The van der Waals surface area contributed by atoms with E-state index < -0.39 is 5.97 Å². The molecule has 0 saturated carbocycles. The van der Waals surface area contributed by atoms with Gasteiger partial charge in [-0.3, -0.25) is 4.98 Å². The Labute approximate surface area is 116 Å². The number of esters is 1. The first-order chi connectivity index (χ1) is 9.67. The van der Waals surface area contributed by atoms with Gasteiger partial charge in [-0.2, -0.15) is 9.97 Å². The molecule has 0 spiro atoms. The smallest absolute Gasteiger partial charge is 0.342 e. The summed E-state index contributed by atoms with van der Waals surface area (Å²) in [6.45, 7) is 3.74. The van der Waals surface area contributed by atoms with Gasteiger partial charge in [-0.15, -0.1) is 0 Å². The molecule has 0 aliphatic rings. The second-order valence-electron chi connectivity index (χ2n) is 3.95. The lowest BCUT2D eigenvalue weighted by Gasteiger charge is -2.11. The molecule has 0 unspecified atom stereocenters. The van der Waals surface area contributed by atoms with E-state index in [0.717, 1.165) is 0 Å². The van der Waals surface area contributed by atoms with Crippen LogP contribution in [0.4, 0.5) is 0 Å². The highest BCUT2D eigenvalue weighted by Gasteiger charge is 2.21. The van der Waals surface area contributed by atoms with Gasteiger partial charge in [-0.1, -0.05) is 6.07 Å². The second kappa shape index (κ2) is 6.10. The summed E-state index contributed by atoms with van der Waals surface area (Å²) in [6.07, 6.45) is 1.63. The molecule has 6 nitrogen and oxygen atoms in total. The Bertz CT molecular complexity index is 615. The molecular formula is C14H15N3O3. The summed E-state index contributed by atoms with van der Waals surface area (Å²) in [5, 5.41) is 0. The maximum Gasteiger partial charge on any atom is 0.342 e. The molecule has 0 aliphatic carbocycles. The molecule has 0 N–H and O–H groups in total. The fourth-order valence-corrected chi connectivity index (χ4v) is 1.77. The number of ether oxygens (including phenoxy) is 2. The maximum atomic E-state index is 12.1.